The number of hydrogen-bond donors (Lipinski definition) is 2. The minimum atomic E-state index is -0.0180. The minimum absolute atomic E-state index is 0.0180. The van der Waals surface area contributed by atoms with Gasteiger partial charge in [0, 0.05) is 5.54 Å². The number of rotatable bonds is 2. The topological polar surface area (TPSA) is 46.2 Å². The second-order valence-electron chi connectivity index (χ2n) is 4.67. The maximum atomic E-state index is 9.56. The Bertz CT molecular complexity index is 411. The van der Waals surface area contributed by atoms with E-state index in [-0.39, 0.29) is 11.3 Å². The standard InChI is InChI=1S/C12H16ClNO/c1-7-5-10(15)11(13)8(2)9(7)6-12(14)3-4-12/h5,15H,3-4,6,14H2,1-2H3. The molecule has 1 aromatic rings. The molecule has 0 radical (unpaired) electrons. The predicted octanol–water partition coefficient (Wildman–Crippen LogP) is 2.70. The Balaban J connectivity index is 2.41. The highest BCUT2D eigenvalue weighted by Crippen LogP contribution is 2.40. The van der Waals surface area contributed by atoms with E-state index in [2.05, 4.69) is 0 Å². The summed E-state index contributed by atoms with van der Waals surface area (Å²) in [6.45, 7) is 3.93. The van der Waals surface area contributed by atoms with Crippen LogP contribution in [0.3, 0.4) is 0 Å². The zero-order valence-corrected chi connectivity index (χ0v) is 9.86. The van der Waals surface area contributed by atoms with Gasteiger partial charge in [-0.15, -0.1) is 0 Å². The Morgan fingerprint density at radius 1 is 1.47 bits per heavy atom. The Morgan fingerprint density at radius 3 is 2.60 bits per heavy atom. The fourth-order valence-electron chi connectivity index (χ4n) is 1.94. The van der Waals surface area contributed by atoms with E-state index in [9.17, 15) is 5.11 Å². The summed E-state index contributed by atoms with van der Waals surface area (Å²) in [5.74, 6) is 0.164. The molecule has 1 aliphatic carbocycles. The monoisotopic (exact) mass is 225 g/mol. The summed E-state index contributed by atoms with van der Waals surface area (Å²) in [5.41, 5.74) is 9.31. The van der Waals surface area contributed by atoms with Crippen molar-refractivity contribution in [3.8, 4) is 5.75 Å². The summed E-state index contributed by atoms with van der Waals surface area (Å²) in [6.07, 6.45) is 3.04. The third-order valence-corrected chi connectivity index (χ3v) is 3.73. The number of aromatic hydroxyl groups is 1. The van der Waals surface area contributed by atoms with Gasteiger partial charge in [0.15, 0.2) is 0 Å². The van der Waals surface area contributed by atoms with Gasteiger partial charge in [-0.2, -0.15) is 0 Å². The first-order valence-corrected chi connectivity index (χ1v) is 5.57. The van der Waals surface area contributed by atoms with E-state index in [1.807, 2.05) is 13.8 Å². The molecule has 0 unspecified atom stereocenters. The summed E-state index contributed by atoms with van der Waals surface area (Å²) < 4.78 is 0. The maximum Gasteiger partial charge on any atom is 0.134 e. The van der Waals surface area contributed by atoms with Gasteiger partial charge in [-0.1, -0.05) is 11.6 Å². The van der Waals surface area contributed by atoms with Crippen molar-refractivity contribution in [3.05, 3.63) is 27.8 Å². The molecule has 0 amide bonds. The summed E-state index contributed by atoms with van der Waals surface area (Å²) in [4.78, 5) is 0. The van der Waals surface area contributed by atoms with Crippen molar-refractivity contribution in [3.63, 3.8) is 0 Å². The van der Waals surface area contributed by atoms with E-state index in [0.29, 0.717) is 5.02 Å². The maximum absolute atomic E-state index is 9.56. The van der Waals surface area contributed by atoms with Gasteiger partial charge in [0.1, 0.15) is 5.75 Å². The molecule has 0 aliphatic heterocycles. The lowest BCUT2D eigenvalue weighted by molar-refractivity contribution is 0.474. The highest BCUT2D eigenvalue weighted by atomic mass is 35.5. The van der Waals surface area contributed by atoms with Crippen molar-refractivity contribution in [1.29, 1.82) is 0 Å². The molecule has 3 heteroatoms. The van der Waals surface area contributed by atoms with Gasteiger partial charge in [0.05, 0.1) is 5.02 Å². The van der Waals surface area contributed by atoms with Crippen LogP contribution in [0.4, 0.5) is 0 Å². The molecule has 1 fully saturated rings. The third-order valence-electron chi connectivity index (χ3n) is 3.26. The SMILES string of the molecule is Cc1cc(O)c(Cl)c(C)c1CC1(N)CC1. The fourth-order valence-corrected chi connectivity index (χ4v) is 2.11. The molecule has 0 aromatic heterocycles. The van der Waals surface area contributed by atoms with Crippen LogP contribution in [0.25, 0.3) is 0 Å². The van der Waals surface area contributed by atoms with Crippen molar-refractivity contribution < 1.29 is 5.11 Å². The van der Waals surface area contributed by atoms with Crippen LogP contribution in [0.15, 0.2) is 6.07 Å². The minimum Gasteiger partial charge on any atom is -0.506 e. The molecule has 1 aromatic carbocycles. The lowest BCUT2D eigenvalue weighted by Crippen LogP contribution is -2.25. The van der Waals surface area contributed by atoms with Crippen molar-refractivity contribution in [2.45, 2.75) is 38.6 Å². The Kier molecular flexibility index (Phi) is 2.44. The van der Waals surface area contributed by atoms with Crippen LogP contribution < -0.4 is 5.73 Å². The van der Waals surface area contributed by atoms with E-state index in [1.54, 1.807) is 6.07 Å². The van der Waals surface area contributed by atoms with E-state index in [0.717, 1.165) is 30.4 Å². The van der Waals surface area contributed by atoms with Crippen LogP contribution >= 0.6 is 11.6 Å². The lowest BCUT2D eigenvalue weighted by Gasteiger charge is -2.16. The summed E-state index contributed by atoms with van der Waals surface area (Å²) >= 11 is 6.01. The van der Waals surface area contributed by atoms with Gasteiger partial charge < -0.3 is 10.8 Å². The molecule has 1 saturated carbocycles. The number of phenolic OH excluding ortho intramolecular Hbond substituents is 1. The molecule has 2 rings (SSSR count). The molecule has 0 heterocycles. The average Bonchev–Trinajstić information content (AvgIpc) is 2.89. The Morgan fingerprint density at radius 2 is 2.07 bits per heavy atom. The molecular formula is C12H16ClNO. The molecule has 0 saturated heterocycles. The molecule has 0 spiro atoms. The Labute approximate surface area is 95.1 Å². The number of phenols is 1. The number of hydrogen-bond acceptors (Lipinski definition) is 2. The molecule has 82 valence electrons. The second kappa shape index (κ2) is 3.39. The zero-order valence-electron chi connectivity index (χ0n) is 9.10. The Hall–Kier alpha value is -0.730. The van der Waals surface area contributed by atoms with Crippen molar-refractivity contribution >= 4 is 11.6 Å². The van der Waals surface area contributed by atoms with E-state index in [1.165, 1.54) is 5.56 Å². The van der Waals surface area contributed by atoms with Crippen LogP contribution in [-0.2, 0) is 6.42 Å². The number of aryl methyl sites for hydroxylation is 1. The molecule has 2 nitrogen and oxygen atoms in total. The fraction of sp³-hybridized carbons (Fsp3) is 0.500. The summed E-state index contributed by atoms with van der Waals surface area (Å²) in [5, 5.41) is 10.0. The van der Waals surface area contributed by atoms with Gasteiger partial charge >= 0.3 is 0 Å². The van der Waals surface area contributed by atoms with Crippen molar-refractivity contribution in [2.75, 3.05) is 0 Å². The largest absolute Gasteiger partial charge is 0.506 e. The second-order valence-corrected chi connectivity index (χ2v) is 5.05. The van der Waals surface area contributed by atoms with E-state index >= 15 is 0 Å². The lowest BCUT2D eigenvalue weighted by atomic mass is 9.95. The van der Waals surface area contributed by atoms with Crippen LogP contribution in [-0.4, -0.2) is 10.6 Å². The number of nitrogens with two attached hydrogens (primary N) is 1. The predicted molar refractivity (Wildman–Crippen MR) is 62.4 cm³/mol. The molecule has 1 aliphatic rings. The van der Waals surface area contributed by atoms with Gasteiger partial charge in [-0.05, 0) is 55.9 Å². The first-order valence-electron chi connectivity index (χ1n) is 5.19. The van der Waals surface area contributed by atoms with Gasteiger partial charge in [0.25, 0.3) is 0 Å². The molecule has 0 atom stereocenters. The van der Waals surface area contributed by atoms with Crippen LogP contribution in [0, 0.1) is 13.8 Å². The van der Waals surface area contributed by atoms with Gasteiger partial charge in [-0.25, -0.2) is 0 Å². The summed E-state index contributed by atoms with van der Waals surface area (Å²) in [7, 11) is 0. The van der Waals surface area contributed by atoms with Crippen molar-refractivity contribution in [2.24, 2.45) is 5.73 Å². The summed E-state index contributed by atoms with van der Waals surface area (Å²) in [6, 6.07) is 1.72. The zero-order chi connectivity index (χ0) is 11.2. The highest BCUT2D eigenvalue weighted by Gasteiger charge is 2.38. The first kappa shape index (κ1) is 10.8. The number of benzene rings is 1. The normalized spacial score (nSPS) is 17.9. The van der Waals surface area contributed by atoms with E-state index < -0.39 is 0 Å². The van der Waals surface area contributed by atoms with Crippen molar-refractivity contribution in [1.82, 2.24) is 0 Å². The van der Waals surface area contributed by atoms with Gasteiger partial charge in [0.2, 0.25) is 0 Å². The van der Waals surface area contributed by atoms with Crippen LogP contribution in [0.5, 0.6) is 5.75 Å². The van der Waals surface area contributed by atoms with Crippen LogP contribution in [0.2, 0.25) is 5.02 Å². The average molecular weight is 226 g/mol. The molecule has 3 N–H and O–H groups in total. The highest BCUT2D eigenvalue weighted by molar-refractivity contribution is 6.32. The smallest absolute Gasteiger partial charge is 0.134 e. The third kappa shape index (κ3) is 1.97. The molecule has 15 heavy (non-hydrogen) atoms. The van der Waals surface area contributed by atoms with Gasteiger partial charge in [-0.3, -0.25) is 0 Å². The quantitative estimate of drug-likeness (QED) is 0.813. The first-order chi connectivity index (χ1) is 6.93. The molecular weight excluding hydrogens is 210 g/mol. The van der Waals surface area contributed by atoms with E-state index in [4.69, 9.17) is 17.3 Å². The molecule has 0 bridgehead atoms. The van der Waals surface area contributed by atoms with Crippen LogP contribution in [0.1, 0.15) is 29.5 Å². The number of halogens is 1.